The fourth-order valence-electron chi connectivity index (χ4n) is 3.89. The number of anilines is 2. The van der Waals surface area contributed by atoms with E-state index in [1.54, 1.807) is 23.9 Å². The number of nitrogens with one attached hydrogen (secondary N) is 2. The number of amides is 1. The lowest BCUT2D eigenvalue weighted by molar-refractivity contribution is 0.102. The number of hydrogen-bond acceptors (Lipinski definition) is 6. The summed E-state index contributed by atoms with van der Waals surface area (Å²) in [5.74, 6) is -0.456. The predicted octanol–water partition coefficient (Wildman–Crippen LogP) is 1.73. The number of rotatable bonds is 3. The standard InChI is InChI=1S/C20H21FN8O/c1-12-23-19-16(21)9-13(10-29(19)25-12)24-20(30)14-3-4-17(28-7-5-22-6-8-28)15-11-27(2)26-18(14)15/h3-4,9-11,22H,5-8H2,1-2H3,(H,24,30). The second-order valence-corrected chi connectivity index (χ2v) is 7.39. The minimum atomic E-state index is -0.551. The zero-order valence-electron chi connectivity index (χ0n) is 16.7. The van der Waals surface area contributed by atoms with Gasteiger partial charge in [-0.3, -0.25) is 9.48 Å². The summed E-state index contributed by atoms with van der Waals surface area (Å²) in [5.41, 5.74) is 2.52. The first kappa shape index (κ1) is 18.5. The Balaban J connectivity index is 1.51. The van der Waals surface area contributed by atoms with E-state index in [0.717, 1.165) is 37.3 Å². The molecule has 0 bridgehead atoms. The highest BCUT2D eigenvalue weighted by molar-refractivity contribution is 6.13. The first-order valence-corrected chi connectivity index (χ1v) is 9.75. The Morgan fingerprint density at radius 1 is 1.20 bits per heavy atom. The molecule has 9 nitrogen and oxygen atoms in total. The zero-order valence-corrected chi connectivity index (χ0v) is 16.7. The highest BCUT2D eigenvalue weighted by Crippen LogP contribution is 2.29. The number of pyridine rings is 1. The molecular weight excluding hydrogens is 387 g/mol. The molecule has 10 heteroatoms. The van der Waals surface area contributed by atoms with E-state index in [1.807, 2.05) is 19.3 Å². The van der Waals surface area contributed by atoms with E-state index in [9.17, 15) is 9.18 Å². The van der Waals surface area contributed by atoms with Crippen LogP contribution in [0.2, 0.25) is 0 Å². The van der Waals surface area contributed by atoms with Gasteiger partial charge in [-0.2, -0.15) is 10.2 Å². The molecule has 4 aromatic rings. The van der Waals surface area contributed by atoms with E-state index in [2.05, 4.69) is 30.7 Å². The topological polar surface area (TPSA) is 92.4 Å². The fourth-order valence-corrected chi connectivity index (χ4v) is 3.89. The van der Waals surface area contributed by atoms with Gasteiger partial charge in [0.15, 0.2) is 11.5 Å². The van der Waals surface area contributed by atoms with Crippen LogP contribution >= 0.6 is 0 Å². The summed E-state index contributed by atoms with van der Waals surface area (Å²) in [6, 6.07) is 4.97. The lowest BCUT2D eigenvalue weighted by Gasteiger charge is -2.30. The summed E-state index contributed by atoms with van der Waals surface area (Å²) < 4.78 is 17.4. The van der Waals surface area contributed by atoms with Crippen molar-refractivity contribution in [2.75, 3.05) is 36.4 Å². The van der Waals surface area contributed by atoms with Gasteiger partial charge in [-0.25, -0.2) is 13.9 Å². The van der Waals surface area contributed by atoms with Gasteiger partial charge in [-0.15, -0.1) is 0 Å². The number of piperazine rings is 1. The third-order valence-electron chi connectivity index (χ3n) is 5.22. The average Bonchev–Trinajstić information content (AvgIpc) is 3.29. The SMILES string of the molecule is Cc1nc2c(F)cc(NC(=O)c3ccc(N4CCNCC4)c4cn(C)nc34)cn2n1. The first-order chi connectivity index (χ1) is 14.5. The Morgan fingerprint density at radius 2 is 2.00 bits per heavy atom. The molecule has 1 aliphatic rings. The molecule has 0 spiro atoms. The maximum atomic E-state index is 14.3. The van der Waals surface area contributed by atoms with Crippen LogP contribution in [0.4, 0.5) is 15.8 Å². The Hall–Kier alpha value is -3.53. The number of aryl methyl sites for hydroxylation is 2. The summed E-state index contributed by atoms with van der Waals surface area (Å²) >= 11 is 0. The summed E-state index contributed by atoms with van der Waals surface area (Å²) in [4.78, 5) is 19.3. The van der Waals surface area contributed by atoms with Crippen molar-refractivity contribution in [3.63, 3.8) is 0 Å². The van der Waals surface area contributed by atoms with Gasteiger partial charge in [0.05, 0.1) is 17.4 Å². The monoisotopic (exact) mass is 408 g/mol. The van der Waals surface area contributed by atoms with Crippen LogP contribution in [0.1, 0.15) is 16.2 Å². The maximum Gasteiger partial charge on any atom is 0.257 e. The molecule has 0 aliphatic carbocycles. The normalized spacial score (nSPS) is 14.6. The van der Waals surface area contributed by atoms with Gasteiger partial charge in [0.25, 0.3) is 5.91 Å². The third kappa shape index (κ3) is 3.14. The Kier molecular flexibility index (Phi) is 4.35. The van der Waals surface area contributed by atoms with Crippen LogP contribution in [0.15, 0.2) is 30.6 Å². The van der Waals surface area contributed by atoms with Crippen molar-refractivity contribution in [1.82, 2.24) is 29.7 Å². The minimum absolute atomic E-state index is 0.123. The van der Waals surface area contributed by atoms with E-state index in [0.29, 0.717) is 22.6 Å². The molecule has 0 atom stereocenters. The number of benzene rings is 1. The van der Waals surface area contributed by atoms with Crippen molar-refractivity contribution < 1.29 is 9.18 Å². The molecule has 0 radical (unpaired) electrons. The van der Waals surface area contributed by atoms with Crippen LogP contribution in [-0.2, 0) is 7.05 Å². The number of fused-ring (bicyclic) bond motifs is 2. The Labute approximate surface area is 171 Å². The maximum absolute atomic E-state index is 14.3. The van der Waals surface area contributed by atoms with Crippen molar-refractivity contribution in [2.24, 2.45) is 7.05 Å². The van der Waals surface area contributed by atoms with Gasteiger partial charge in [0.2, 0.25) is 0 Å². The zero-order chi connectivity index (χ0) is 20.8. The van der Waals surface area contributed by atoms with Crippen molar-refractivity contribution >= 4 is 33.8 Å². The molecule has 3 aromatic heterocycles. The van der Waals surface area contributed by atoms with Crippen LogP contribution in [0.5, 0.6) is 0 Å². The molecule has 5 rings (SSSR count). The summed E-state index contributed by atoms with van der Waals surface area (Å²) in [6.45, 7) is 5.31. The van der Waals surface area contributed by atoms with Crippen molar-refractivity contribution in [3.05, 3.63) is 47.8 Å². The van der Waals surface area contributed by atoms with Crippen LogP contribution in [0.3, 0.4) is 0 Å². The Morgan fingerprint density at radius 3 is 2.80 bits per heavy atom. The number of carbonyl (C=O) groups is 1. The third-order valence-corrected chi connectivity index (χ3v) is 5.22. The van der Waals surface area contributed by atoms with Gasteiger partial charge < -0.3 is 15.5 Å². The van der Waals surface area contributed by atoms with E-state index in [-0.39, 0.29) is 11.6 Å². The molecule has 1 saturated heterocycles. The van der Waals surface area contributed by atoms with Crippen LogP contribution in [0, 0.1) is 12.7 Å². The molecule has 4 heterocycles. The number of hydrogen-bond donors (Lipinski definition) is 2. The van der Waals surface area contributed by atoms with Gasteiger partial charge in [-0.1, -0.05) is 0 Å². The van der Waals surface area contributed by atoms with Gasteiger partial charge in [-0.05, 0) is 19.1 Å². The number of carbonyl (C=O) groups excluding carboxylic acids is 1. The van der Waals surface area contributed by atoms with Gasteiger partial charge in [0, 0.05) is 56.6 Å². The van der Waals surface area contributed by atoms with E-state index < -0.39 is 5.82 Å². The van der Waals surface area contributed by atoms with Crippen molar-refractivity contribution in [1.29, 1.82) is 0 Å². The number of aromatic nitrogens is 5. The predicted molar refractivity (Wildman–Crippen MR) is 111 cm³/mol. The van der Waals surface area contributed by atoms with Crippen LogP contribution < -0.4 is 15.5 Å². The highest BCUT2D eigenvalue weighted by atomic mass is 19.1. The molecule has 0 unspecified atom stereocenters. The van der Waals surface area contributed by atoms with Crippen LogP contribution in [-0.4, -0.2) is 56.5 Å². The molecule has 30 heavy (non-hydrogen) atoms. The average molecular weight is 408 g/mol. The minimum Gasteiger partial charge on any atom is -0.368 e. The highest BCUT2D eigenvalue weighted by Gasteiger charge is 2.20. The molecule has 1 aliphatic heterocycles. The number of halogens is 1. The van der Waals surface area contributed by atoms with Gasteiger partial charge in [0.1, 0.15) is 11.3 Å². The van der Waals surface area contributed by atoms with Crippen molar-refractivity contribution in [3.8, 4) is 0 Å². The number of nitrogens with zero attached hydrogens (tertiary/aromatic N) is 6. The fraction of sp³-hybridized carbons (Fsp3) is 0.300. The quantitative estimate of drug-likeness (QED) is 0.536. The van der Waals surface area contributed by atoms with Crippen LogP contribution in [0.25, 0.3) is 16.6 Å². The first-order valence-electron chi connectivity index (χ1n) is 9.75. The lowest BCUT2D eigenvalue weighted by Crippen LogP contribution is -2.43. The lowest BCUT2D eigenvalue weighted by atomic mass is 10.1. The molecule has 1 fully saturated rings. The Bertz CT molecular complexity index is 1270. The molecule has 1 aromatic carbocycles. The molecule has 2 N–H and O–H groups in total. The van der Waals surface area contributed by atoms with Crippen molar-refractivity contribution in [2.45, 2.75) is 6.92 Å². The second kappa shape index (κ2) is 7.06. The van der Waals surface area contributed by atoms with Gasteiger partial charge >= 0.3 is 0 Å². The second-order valence-electron chi connectivity index (χ2n) is 7.39. The van der Waals surface area contributed by atoms with E-state index in [4.69, 9.17) is 0 Å². The molecular formula is C20H21FN8O. The summed E-state index contributed by atoms with van der Waals surface area (Å²) in [5, 5.41) is 15.7. The summed E-state index contributed by atoms with van der Waals surface area (Å²) in [6.07, 6.45) is 3.47. The molecule has 1 amide bonds. The van der Waals surface area contributed by atoms with E-state index >= 15 is 0 Å². The summed E-state index contributed by atoms with van der Waals surface area (Å²) in [7, 11) is 1.83. The largest absolute Gasteiger partial charge is 0.368 e. The smallest absolute Gasteiger partial charge is 0.257 e. The molecule has 154 valence electrons. The molecule has 0 saturated carbocycles. The van der Waals surface area contributed by atoms with E-state index in [1.165, 1.54) is 10.6 Å².